The highest BCUT2D eigenvalue weighted by Crippen LogP contribution is 2.43. The molecule has 0 saturated carbocycles. The van der Waals surface area contributed by atoms with Crippen LogP contribution >= 0.6 is 7.75 Å². The van der Waals surface area contributed by atoms with Gasteiger partial charge in [0.1, 0.15) is 0 Å². The lowest BCUT2D eigenvalue weighted by Crippen LogP contribution is -2.09. The number of hydrogen-bond donors (Lipinski definition) is 1. The molecule has 0 heterocycles. The molecule has 0 bridgehead atoms. The molecule has 4 aromatic rings. The molecule has 0 aromatic heterocycles. The van der Waals surface area contributed by atoms with Crippen molar-refractivity contribution in [3.05, 3.63) is 60.2 Å². The Balaban J connectivity index is 1.77. The summed E-state index contributed by atoms with van der Waals surface area (Å²) in [7, 11) is -3.42. The first-order chi connectivity index (χ1) is 13.1. The summed E-state index contributed by atoms with van der Waals surface area (Å²) in [6.45, 7) is 4.08. The van der Waals surface area contributed by atoms with Gasteiger partial charge in [0.15, 0.2) is 0 Å². The maximum atomic E-state index is 12.5. The second-order valence-electron chi connectivity index (χ2n) is 6.20. The average molecular weight is 380 g/mol. The molecular weight excluding hydrogens is 359 g/mol. The number of hydrogen-bond acceptors (Lipinski definition) is 4. The molecule has 0 spiro atoms. The van der Waals surface area contributed by atoms with Crippen LogP contribution in [0, 0.1) is 0 Å². The molecule has 4 aromatic carbocycles. The molecule has 138 valence electrons. The Hall–Kier alpha value is -2.46. The van der Waals surface area contributed by atoms with Crippen LogP contribution in [-0.4, -0.2) is 19.4 Å². The largest absolute Gasteiger partial charge is 0.448 e. The molecule has 0 aliphatic carbocycles. The predicted octanol–water partition coefficient (Wildman–Crippen LogP) is 5.69. The van der Waals surface area contributed by atoms with Crippen LogP contribution in [0.2, 0.25) is 0 Å². The van der Waals surface area contributed by atoms with Gasteiger partial charge < -0.3 is 0 Å². The zero-order valence-corrected chi connectivity index (χ0v) is 16.2. The van der Waals surface area contributed by atoms with E-state index in [-0.39, 0.29) is 13.2 Å². The van der Waals surface area contributed by atoms with E-state index in [1.165, 1.54) is 26.9 Å². The van der Waals surface area contributed by atoms with Crippen LogP contribution in [0.5, 0.6) is 0 Å². The number of nitrogens with one attached hydrogen (secondary N) is 1. The summed E-state index contributed by atoms with van der Waals surface area (Å²) >= 11 is 0. The van der Waals surface area contributed by atoms with Crippen molar-refractivity contribution in [2.45, 2.75) is 13.8 Å². The van der Waals surface area contributed by atoms with E-state index < -0.39 is 7.75 Å². The van der Waals surface area contributed by atoms with E-state index in [1.54, 1.807) is 20.1 Å². The van der Waals surface area contributed by atoms with E-state index >= 15 is 0 Å². The standard InChI is InChI=1S/C21H21N2O3P/c1-3-25-27(24,26-4-2)23-22-14-18-11-10-17-9-8-15-6-5-7-16-12-13-19(18)21(17)20(15)16/h5-14H,3-4H2,1-2H3,(H,23,24)/b22-14+. The van der Waals surface area contributed by atoms with Gasteiger partial charge >= 0.3 is 7.75 Å². The first-order valence-electron chi connectivity index (χ1n) is 9.01. The van der Waals surface area contributed by atoms with Gasteiger partial charge in [0.2, 0.25) is 0 Å². The van der Waals surface area contributed by atoms with E-state index in [0.717, 1.165) is 10.9 Å². The molecule has 0 radical (unpaired) electrons. The van der Waals surface area contributed by atoms with Gasteiger partial charge in [0.05, 0.1) is 19.4 Å². The summed E-state index contributed by atoms with van der Waals surface area (Å²) < 4.78 is 22.9. The quantitative estimate of drug-likeness (QED) is 0.194. The number of hydrazone groups is 1. The van der Waals surface area contributed by atoms with Crippen molar-refractivity contribution in [1.82, 2.24) is 5.20 Å². The Kier molecular flexibility index (Phi) is 4.83. The van der Waals surface area contributed by atoms with Crippen LogP contribution in [0.1, 0.15) is 19.4 Å². The SMILES string of the molecule is CCOP(=O)(N/N=C/c1ccc2ccc3cccc4ccc1c2c34)OCC. The van der Waals surface area contributed by atoms with E-state index in [2.05, 4.69) is 58.8 Å². The summed E-state index contributed by atoms with van der Waals surface area (Å²) in [5.41, 5.74) is 0.938. The second-order valence-corrected chi connectivity index (χ2v) is 7.91. The lowest BCUT2D eigenvalue weighted by molar-refractivity contribution is 0.211. The molecule has 5 nitrogen and oxygen atoms in total. The third-order valence-corrected chi connectivity index (χ3v) is 6.10. The topological polar surface area (TPSA) is 59.9 Å². The van der Waals surface area contributed by atoms with Crippen molar-refractivity contribution in [2.24, 2.45) is 5.10 Å². The van der Waals surface area contributed by atoms with Crippen LogP contribution in [0.3, 0.4) is 0 Å². The molecule has 0 atom stereocenters. The molecule has 0 unspecified atom stereocenters. The van der Waals surface area contributed by atoms with Gasteiger partial charge in [0.25, 0.3) is 0 Å². The van der Waals surface area contributed by atoms with Gasteiger partial charge in [0, 0.05) is 5.56 Å². The Labute approximate surface area is 157 Å². The summed E-state index contributed by atoms with van der Waals surface area (Å²) in [6.07, 6.45) is 1.66. The number of nitrogens with zero attached hydrogens (tertiary/aromatic N) is 1. The smallest absolute Gasteiger partial charge is 0.292 e. The number of rotatable bonds is 7. The van der Waals surface area contributed by atoms with E-state index in [4.69, 9.17) is 9.05 Å². The molecule has 27 heavy (non-hydrogen) atoms. The average Bonchev–Trinajstić information content (AvgIpc) is 2.67. The Bertz CT molecular complexity index is 1150. The summed E-state index contributed by atoms with van der Waals surface area (Å²) in [5, 5.41) is 13.9. The lowest BCUT2D eigenvalue weighted by Gasteiger charge is -2.15. The van der Waals surface area contributed by atoms with E-state index in [9.17, 15) is 4.57 Å². The highest BCUT2D eigenvalue weighted by molar-refractivity contribution is 7.51. The zero-order valence-electron chi connectivity index (χ0n) is 15.3. The van der Waals surface area contributed by atoms with Crippen LogP contribution in [-0.2, 0) is 13.6 Å². The van der Waals surface area contributed by atoms with Gasteiger partial charge in [-0.05, 0) is 46.2 Å². The molecule has 6 heteroatoms. The van der Waals surface area contributed by atoms with Gasteiger partial charge in [-0.2, -0.15) is 5.10 Å². The molecule has 4 rings (SSSR count). The van der Waals surface area contributed by atoms with E-state index in [0.29, 0.717) is 0 Å². The minimum absolute atomic E-state index is 0.276. The lowest BCUT2D eigenvalue weighted by atomic mass is 9.92. The fourth-order valence-electron chi connectivity index (χ4n) is 3.47. The minimum atomic E-state index is -3.42. The zero-order chi connectivity index (χ0) is 18.9. The molecule has 0 fully saturated rings. The van der Waals surface area contributed by atoms with Crippen molar-refractivity contribution < 1.29 is 13.6 Å². The molecule has 0 saturated heterocycles. The van der Waals surface area contributed by atoms with Crippen LogP contribution in [0.25, 0.3) is 32.3 Å². The van der Waals surface area contributed by atoms with Gasteiger partial charge in [-0.1, -0.05) is 54.6 Å². The summed E-state index contributed by atoms with van der Waals surface area (Å²) in [5.74, 6) is 0. The minimum Gasteiger partial charge on any atom is -0.292 e. The van der Waals surface area contributed by atoms with Gasteiger partial charge in [-0.25, -0.2) is 9.76 Å². The van der Waals surface area contributed by atoms with Crippen LogP contribution in [0.15, 0.2) is 59.7 Å². The summed E-state index contributed by atoms with van der Waals surface area (Å²) in [6, 6.07) is 19.0. The highest BCUT2D eigenvalue weighted by atomic mass is 31.2. The van der Waals surface area contributed by atoms with Crippen LogP contribution in [0.4, 0.5) is 0 Å². The Morgan fingerprint density at radius 2 is 1.48 bits per heavy atom. The molecule has 0 aliphatic heterocycles. The predicted molar refractivity (Wildman–Crippen MR) is 112 cm³/mol. The van der Waals surface area contributed by atoms with Crippen molar-refractivity contribution in [1.29, 1.82) is 0 Å². The van der Waals surface area contributed by atoms with Crippen molar-refractivity contribution in [3.8, 4) is 0 Å². The van der Waals surface area contributed by atoms with Crippen molar-refractivity contribution in [3.63, 3.8) is 0 Å². The monoisotopic (exact) mass is 380 g/mol. The fourth-order valence-corrected chi connectivity index (χ4v) is 4.54. The van der Waals surface area contributed by atoms with Crippen LogP contribution < -0.4 is 5.20 Å². The maximum absolute atomic E-state index is 12.5. The third-order valence-electron chi connectivity index (χ3n) is 4.54. The van der Waals surface area contributed by atoms with Crippen molar-refractivity contribution in [2.75, 3.05) is 13.2 Å². The molecule has 0 amide bonds. The first-order valence-corrected chi connectivity index (χ1v) is 10.6. The molecule has 0 aliphatic rings. The fraction of sp³-hybridized carbons (Fsp3) is 0.190. The molecular formula is C21H21N2O3P. The van der Waals surface area contributed by atoms with Gasteiger partial charge in [-0.15, -0.1) is 0 Å². The third kappa shape index (κ3) is 3.30. The first kappa shape index (κ1) is 17.9. The van der Waals surface area contributed by atoms with E-state index in [1.807, 2.05) is 6.07 Å². The van der Waals surface area contributed by atoms with Gasteiger partial charge in [-0.3, -0.25) is 9.05 Å². The number of benzene rings is 4. The maximum Gasteiger partial charge on any atom is 0.448 e. The Morgan fingerprint density at radius 1 is 0.889 bits per heavy atom. The second kappa shape index (κ2) is 7.28. The van der Waals surface area contributed by atoms with Crippen molar-refractivity contribution >= 4 is 46.3 Å². The molecule has 1 N–H and O–H groups in total. The summed E-state index contributed by atoms with van der Waals surface area (Å²) in [4.78, 5) is 0. The highest BCUT2D eigenvalue weighted by Gasteiger charge is 2.22. The Morgan fingerprint density at radius 3 is 2.15 bits per heavy atom. The normalized spacial score (nSPS) is 12.7.